The van der Waals surface area contributed by atoms with Gasteiger partial charge in [-0.15, -0.1) is 0 Å². The average Bonchev–Trinajstić information content (AvgIpc) is 2.95. The number of hydrogen-bond acceptors (Lipinski definition) is 1. The van der Waals surface area contributed by atoms with E-state index in [9.17, 15) is 8.78 Å². The van der Waals surface area contributed by atoms with Crippen LogP contribution in [0, 0.1) is 17.6 Å². The highest BCUT2D eigenvalue weighted by Gasteiger charge is 2.22. The molecule has 3 rings (SSSR count). The monoisotopic (exact) mass is 526 g/mol. The van der Waals surface area contributed by atoms with E-state index in [1.807, 2.05) is 12.1 Å². The molecule has 2 aromatic carbocycles. The fourth-order valence-corrected chi connectivity index (χ4v) is 6.04. The van der Waals surface area contributed by atoms with Crippen molar-refractivity contribution < 1.29 is 13.5 Å². The molecule has 1 aliphatic carbocycles. The standard InChI is InChI=1S/C35H52F2O/c1-3-5-7-9-11-13-15-27-38-33-26-25-32(34(36)35(33)37)31-23-21-30(22-24-31)29-19-17-28(18-20-29)16-14-12-10-8-6-4-2/h21-26,28-29H,3-20,27H2,1-2H3. The van der Waals surface area contributed by atoms with E-state index in [2.05, 4.69) is 26.0 Å². The van der Waals surface area contributed by atoms with Gasteiger partial charge in [0.2, 0.25) is 5.82 Å². The molecule has 0 aromatic heterocycles. The zero-order valence-electron chi connectivity index (χ0n) is 24.2. The molecule has 3 heteroatoms. The summed E-state index contributed by atoms with van der Waals surface area (Å²) in [6, 6.07) is 11.4. The predicted molar refractivity (Wildman–Crippen MR) is 158 cm³/mol. The summed E-state index contributed by atoms with van der Waals surface area (Å²) in [6.07, 6.45) is 23.0. The van der Waals surface area contributed by atoms with Crippen LogP contribution >= 0.6 is 0 Å². The Morgan fingerprint density at radius 3 is 1.84 bits per heavy atom. The molecule has 38 heavy (non-hydrogen) atoms. The molecule has 0 amide bonds. The van der Waals surface area contributed by atoms with Crippen molar-refractivity contribution in [1.29, 1.82) is 0 Å². The van der Waals surface area contributed by atoms with Crippen LogP contribution in [0.3, 0.4) is 0 Å². The van der Waals surface area contributed by atoms with E-state index in [1.165, 1.54) is 108 Å². The van der Waals surface area contributed by atoms with E-state index in [1.54, 1.807) is 12.1 Å². The van der Waals surface area contributed by atoms with Crippen LogP contribution in [-0.4, -0.2) is 6.61 Å². The fourth-order valence-electron chi connectivity index (χ4n) is 6.04. The summed E-state index contributed by atoms with van der Waals surface area (Å²) in [5.74, 6) is -0.191. The van der Waals surface area contributed by atoms with Crippen LogP contribution in [-0.2, 0) is 0 Å². The lowest BCUT2D eigenvalue weighted by molar-refractivity contribution is 0.285. The van der Waals surface area contributed by atoms with Crippen LogP contribution in [0.25, 0.3) is 11.1 Å². The summed E-state index contributed by atoms with van der Waals surface area (Å²) in [5.41, 5.74) is 2.36. The average molecular weight is 527 g/mol. The quantitative estimate of drug-likeness (QED) is 0.175. The minimum Gasteiger partial charge on any atom is -0.490 e. The minimum atomic E-state index is -0.877. The highest BCUT2D eigenvalue weighted by Crippen LogP contribution is 2.39. The van der Waals surface area contributed by atoms with Crippen LogP contribution in [0.1, 0.15) is 141 Å². The maximum Gasteiger partial charge on any atom is 0.201 e. The normalized spacial score (nSPS) is 17.6. The van der Waals surface area contributed by atoms with Crippen molar-refractivity contribution in [2.45, 2.75) is 135 Å². The maximum absolute atomic E-state index is 14.9. The Morgan fingerprint density at radius 2 is 1.21 bits per heavy atom. The lowest BCUT2D eigenvalue weighted by atomic mass is 9.77. The first kappa shape index (κ1) is 30.6. The third kappa shape index (κ3) is 10.0. The molecule has 1 saturated carbocycles. The van der Waals surface area contributed by atoms with E-state index in [4.69, 9.17) is 4.74 Å². The van der Waals surface area contributed by atoms with Crippen LogP contribution in [0.5, 0.6) is 5.75 Å². The molecule has 0 saturated heterocycles. The second-order valence-corrected chi connectivity index (χ2v) is 11.6. The van der Waals surface area contributed by atoms with Crippen LogP contribution < -0.4 is 4.74 Å². The van der Waals surface area contributed by atoms with Crippen molar-refractivity contribution in [2.24, 2.45) is 5.92 Å². The number of hydrogen-bond donors (Lipinski definition) is 0. The Balaban J connectivity index is 1.43. The molecule has 212 valence electrons. The van der Waals surface area contributed by atoms with Gasteiger partial charge in [-0.05, 0) is 67.2 Å². The molecule has 0 atom stereocenters. The number of unbranched alkanes of at least 4 members (excludes halogenated alkanes) is 11. The summed E-state index contributed by atoms with van der Waals surface area (Å²) in [4.78, 5) is 0. The van der Waals surface area contributed by atoms with Gasteiger partial charge in [0, 0.05) is 5.56 Å². The SMILES string of the molecule is CCCCCCCCCOc1ccc(-c2ccc(C3CCC(CCCCCCCC)CC3)cc2)c(F)c1F. The van der Waals surface area contributed by atoms with E-state index >= 15 is 0 Å². The van der Waals surface area contributed by atoms with Gasteiger partial charge in [-0.3, -0.25) is 0 Å². The molecule has 0 heterocycles. The predicted octanol–water partition coefficient (Wildman–Crippen LogP) is 11.8. The topological polar surface area (TPSA) is 9.23 Å². The molecule has 0 spiro atoms. The lowest BCUT2D eigenvalue weighted by Crippen LogP contribution is -2.13. The first-order chi connectivity index (χ1) is 18.6. The molecule has 0 unspecified atom stereocenters. The molecule has 0 N–H and O–H groups in total. The van der Waals surface area contributed by atoms with E-state index in [0.29, 0.717) is 18.1 Å². The van der Waals surface area contributed by atoms with E-state index in [0.717, 1.165) is 24.3 Å². The molecule has 0 bridgehead atoms. The molecular formula is C35H52F2O. The van der Waals surface area contributed by atoms with E-state index in [-0.39, 0.29) is 5.75 Å². The van der Waals surface area contributed by atoms with Crippen molar-refractivity contribution in [1.82, 2.24) is 0 Å². The summed E-state index contributed by atoms with van der Waals surface area (Å²) >= 11 is 0. The molecule has 2 aromatic rings. The van der Waals surface area contributed by atoms with Crippen molar-refractivity contribution >= 4 is 0 Å². The van der Waals surface area contributed by atoms with Crippen molar-refractivity contribution in [3.8, 4) is 16.9 Å². The first-order valence-electron chi connectivity index (χ1n) is 15.8. The van der Waals surface area contributed by atoms with Crippen LogP contribution in [0.15, 0.2) is 36.4 Å². The lowest BCUT2D eigenvalue weighted by Gasteiger charge is -2.29. The molecule has 1 aliphatic rings. The van der Waals surface area contributed by atoms with Gasteiger partial charge in [0.15, 0.2) is 11.6 Å². The second-order valence-electron chi connectivity index (χ2n) is 11.6. The van der Waals surface area contributed by atoms with Crippen molar-refractivity contribution in [3.05, 3.63) is 53.6 Å². The highest BCUT2D eigenvalue weighted by molar-refractivity contribution is 5.65. The molecule has 1 fully saturated rings. The van der Waals surface area contributed by atoms with Crippen molar-refractivity contribution in [2.75, 3.05) is 6.61 Å². The van der Waals surface area contributed by atoms with Gasteiger partial charge in [-0.1, -0.05) is 122 Å². The Hall–Kier alpha value is -1.90. The Labute approximate surface area is 231 Å². The van der Waals surface area contributed by atoms with Gasteiger partial charge in [-0.25, -0.2) is 4.39 Å². The first-order valence-corrected chi connectivity index (χ1v) is 15.8. The third-order valence-corrected chi connectivity index (χ3v) is 8.56. The molecule has 0 radical (unpaired) electrons. The molecular weight excluding hydrogens is 474 g/mol. The zero-order valence-corrected chi connectivity index (χ0v) is 24.2. The van der Waals surface area contributed by atoms with Crippen molar-refractivity contribution in [3.63, 3.8) is 0 Å². The maximum atomic E-state index is 14.9. The van der Waals surface area contributed by atoms with E-state index < -0.39 is 11.6 Å². The second kappa shape index (κ2) is 17.6. The molecule has 1 nitrogen and oxygen atoms in total. The largest absolute Gasteiger partial charge is 0.490 e. The number of ether oxygens (including phenoxy) is 1. The fraction of sp³-hybridized carbons (Fsp3) is 0.657. The van der Waals surface area contributed by atoms with Gasteiger partial charge < -0.3 is 4.74 Å². The zero-order chi connectivity index (χ0) is 27.0. The highest BCUT2D eigenvalue weighted by atomic mass is 19.2. The number of benzene rings is 2. The van der Waals surface area contributed by atoms with Crippen LogP contribution in [0.2, 0.25) is 0 Å². The number of rotatable bonds is 18. The smallest absolute Gasteiger partial charge is 0.201 e. The minimum absolute atomic E-state index is 0.0200. The van der Waals surface area contributed by atoms with Gasteiger partial charge >= 0.3 is 0 Å². The third-order valence-electron chi connectivity index (χ3n) is 8.56. The van der Waals surface area contributed by atoms with Gasteiger partial charge in [-0.2, -0.15) is 4.39 Å². The number of halogens is 2. The summed E-state index contributed by atoms with van der Waals surface area (Å²) in [7, 11) is 0. The Kier molecular flexibility index (Phi) is 14.2. The Bertz CT molecular complexity index is 899. The summed E-state index contributed by atoms with van der Waals surface area (Å²) in [6.45, 7) is 4.92. The van der Waals surface area contributed by atoms with Gasteiger partial charge in [0.1, 0.15) is 0 Å². The molecule has 0 aliphatic heterocycles. The Morgan fingerprint density at radius 1 is 0.632 bits per heavy atom. The van der Waals surface area contributed by atoms with Gasteiger partial charge in [0.25, 0.3) is 0 Å². The summed E-state index contributed by atoms with van der Waals surface area (Å²) < 4.78 is 35.2. The van der Waals surface area contributed by atoms with Gasteiger partial charge in [0.05, 0.1) is 6.61 Å². The van der Waals surface area contributed by atoms with Crippen LogP contribution in [0.4, 0.5) is 8.78 Å². The summed E-state index contributed by atoms with van der Waals surface area (Å²) in [5, 5.41) is 0.